The predicted molar refractivity (Wildman–Crippen MR) is 63.9 cm³/mol. The van der Waals surface area contributed by atoms with E-state index in [1.165, 1.54) is 6.92 Å². The number of carbonyl (C=O) groups excluding carboxylic acids is 1. The largest absolute Gasteiger partial charge is 0.480 e. The highest BCUT2D eigenvalue weighted by molar-refractivity contribution is 5.82. The normalized spacial score (nSPS) is 22.2. The fourth-order valence-corrected chi connectivity index (χ4v) is 2.00. The third kappa shape index (κ3) is 4.22. The number of carbonyl (C=O) groups is 2. The van der Waals surface area contributed by atoms with Gasteiger partial charge in [-0.3, -0.25) is 4.79 Å². The molecule has 0 bridgehead atoms. The molecule has 1 aliphatic heterocycles. The maximum Gasteiger partial charge on any atom is 0.325 e. The van der Waals surface area contributed by atoms with Crippen molar-refractivity contribution in [3.8, 4) is 0 Å². The van der Waals surface area contributed by atoms with Gasteiger partial charge in [0.05, 0.1) is 0 Å². The van der Waals surface area contributed by atoms with Crippen LogP contribution in [0.3, 0.4) is 0 Å². The molecular formula is C11H21N3O3. The van der Waals surface area contributed by atoms with Gasteiger partial charge in [0.2, 0.25) is 0 Å². The summed E-state index contributed by atoms with van der Waals surface area (Å²) in [6.45, 7) is 4.18. The minimum atomic E-state index is -1.02. The number of carboxylic acid groups (broad SMARTS) is 1. The Labute approximate surface area is 102 Å². The lowest BCUT2D eigenvalue weighted by Crippen LogP contribution is -2.46. The van der Waals surface area contributed by atoms with Gasteiger partial charge in [0, 0.05) is 20.1 Å². The Balaban J connectivity index is 2.34. The first kappa shape index (κ1) is 13.8. The molecule has 0 spiro atoms. The van der Waals surface area contributed by atoms with Crippen molar-refractivity contribution in [3.63, 3.8) is 0 Å². The molecule has 17 heavy (non-hydrogen) atoms. The molecule has 98 valence electrons. The molecule has 0 saturated carbocycles. The number of rotatable bonds is 4. The molecule has 0 radical (unpaired) electrons. The highest BCUT2D eigenvalue weighted by atomic mass is 16.4. The van der Waals surface area contributed by atoms with Gasteiger partial charge < -0.3 is 20.2 Å². The van der Waals surface area contributed by atoms with Crippen molar-refractivity contribution in [3.05, 3.63) is 0 Å². The Morgan fingerprint density at radius 3 is 2.71 bits per heavy atom. The summed E-state index contributed by atoms with van der Waals surface area (Å²) in [6.07, 6.45) is 1.09. The van der Waals surface area contributed by atoms with Crippen LogP contribution in [0.25, 0.3) is 0 Å². The molecule has 0 aromatic rings. The van der Waals surface area contributed by atoms with Crippen LogP contribution in [0.4, 0.5) is 4.79 Å². The molecule has 2 unspecified atom stereocenters. The Kier molecular flexibility index (Phi) is 4.74. The molecule has 2 atom stereocenters. The van der Waals surface area contributed by atoms with Crippen LogP contribution in [0, 0.1) is 5.92 Å². The summed E-state index contributed by atoms with van der Waals surface area (Å²) in [5.41, 5.74) is 0. The van der Waals surface area contributed by atoms with Gasteiger partial charge in [-0.1, -0.05) is 0 Å². The second-order valence-corrected chi connectivity index (χ2v) is 4.81. The first-order valence-electron chi connectivity index (χ1n) is 5.83. The van der Waals surface area contributed by atoms with Gasteiger partial charge in [0.25, 0.3) is 0 Å². The van der Waals surface area contributed by atoms with Crippen LogP contribution >= 0.6 is 0 Å². The lowest BCUT2D eigenvalue weighted by atomic mass is 10.1. The van der Waals surface area contributed by atoms with E-state index >= 15 is 0 Å². The molecule has 0 aliphatic carbocycles. The first-order valence-corrected chi connectivity index (χ1v) is 5.83. The van der Waals surface area contributed by atoms with Crippen molar-refractivity contribution in [2.45, 2.75) is 19.4 Å². The van der Waals surface area contributed by atoms with E-state index in [-0.39, 0.29) is 6.03 Å². The van der Waals surface area contributed by atoms with E-state index in [2.05, 4.69) is 17.3 Å². The van der Waals surface area contributed by atoms with Crippen LogP contribution < -0.4 is 5.32 Å². The van der Waals surface area contributed by atoms with Crippen LogP contribution in [-0.2, 0) is 4.79 Å². The van der Waals surface area contributed by atoms with E-state index in [9.17, 15) is 9.59 Å². The Hall–Kier alpha value is -1.30. The maximum absolute atomic E-state index is 11.7. The number of urea groups is 1. The molecule has 1 saturated heterocycles. The topological polar surface area (TPSA) is 72.9 Å². The van der Waals surface area contributed by atoms with Crippen molar-refractivity contribution in [2.24, 2.45) is 5.92 Å². The van der Waals surface area contributed by atoms with Crippen molar-refractivity contribution < 1.29 is 14.7 Å². The molecular weight excluding hydrogens is 222 g/mol. The maximum atomic E-state index is 11.7. The van der Waals surface area contributed by atoms with E-state index in [1.807, 2.05) is 0 Å². The van der Waals surface area contributed by atoms with Gasteiger partial charge in [-0.15, -0.1) is 0 Å². The van der Waals surface area contributed by atoms with Gasteiger partial charge in [0.1, 0.15) is 6.04 Å². The molecule has 1 aliphatic rings. The number of carboxylic acids is 1. The van der Waals surface area contributed by atoms with Crippen molar-refractivity contribution >= 4 is 12.0 Å². The van der Waals surface area contributed by atoms with E-state index in [0.717, 1.165) is 19.5 Å². The lowest BCUT2D eigenvalue weighted by Gasteiger charge is -2.22. The highest BCUT2D eigenvalue weighted by Crippen LogP contribution is 2.14. The fourth-order valence-electron chi connectivity index (χ4n) is 2.00. The van der Waals surface area contributed by atoms with E-state index in [0.29, 0.717) is 12.5 Å². The molecule has 6 nitrogen and oxygen atoms in total. The van der Waals surface area contributed by atoms with Crippen LogP contribution in [-0.4, -0.2) is 66.7 Å². The van der Waals surface area contributed by atoms with Crippen LogP contribution in [0.2, 0.25) is 0 Å². The van der Waals surface area contributed by atoms with Crippen molar-refractivity contribution in [1.82, 2.24) is 15.1 Å². The summed E-state index contributed by atoms with van der Waals surface area (Å²) in [6, 6.07) is -1.18. The number of likely N-dealkylation sites (tertiary alicyclic amines) is 1. The zero-order valence-electron chi connectivity index (χ0n) is 10.6. The van der Waals surface area contributed by atoms with Crippen molar-refractivity contribution in [1.29, 1.82) is 0 Å². The Bertz CT molecular complexity index is 296. The second kappa shape index (κ2) is 5.86. The molecule has 1 fully saturated rings. The summed E-state index contributed by atoms with van der Waals surface area (Å²) in [5.74, 6) is -0.539. The monoisotopic (exact) mass is 243 g/mol. The minimum Gasteiger partial charge on any atom is -0.480 e. The van der Waals surface area contributed by atoms with E-state index < -0.39 is 12.0 Å². The number of nitrogens with zero attached hydrogens (tertiary/aromatic N) is 2. The van der Waals surface area contributed by atoms with Gasteiger partial charge in [-0.2, -0.15) is 0 Å². The quantitative estimate of drug-likeness (QED) is 0.732. The highest BCUT2D eigenvalue weighted by Gasteiger charge is 2.23. The van der Waals surface area contributed by atoms with Crippen LogP contribution in [0.1, 0.15) is 13.3 Å². The fraction of sp³-hybridized carbons (Fsp3) is 0.818. The van der Waals surface area contributed by atoms with Gasteiger partial charge in [0.15, 0.2) is 0 Å². The number of hydrogen-bond acceptors (Lipinski definition) is 3. The van der Waals surface area contributed by atoms with Gasteiger partial charge in [-0.05, 0) is 32.9 Å². The number of amides is 2. The zero-order valence-corrected chi connectivity index (χ0v) is 10.6. The number of nitrogens with one attached hydrogen (secondary N) is 1. The minimum absolute atomic E-state index is 0.325. The number of aliphatic carboxylic acids is 1. The average molecular weight is 243 g/mol. The summed E-state index contributed by atoms with van der Waals surface area (Å²) in [7, 11) is 3.76. The SMILES string of the molecule is CC(NC(=O)N(C)CC1CCN(C)C1)C(=O)O. The smallest absolute Gasteiger partial charge is 0.325 e. The van der Waals surface area contributed by atoms with E-state index in [4.69, 9.17) is 5.11 Å². The zero-order chi connectivity index (χ0) is 13.0. The molecule has 6 heteroatoms. The molecule has 2 amide bonds. The Morgan fingerprint density at radius 2 is 2.24 bits per heavy atom. The summed E-state index contributed by atoms with van der Waals surface area (Å²) < 4.78 is 0. The van der Waals surface area contributed by atoms with Gasteiger partial charge >= 0.3 is 12.0 Å². The lowest BCUT2D eigenvalue weighted by molar-refractivity contribution is -0.138. The number of hydrogen-bond donors (Lipinski definition) is 2. The average Bonchev–Trinajstić information content (AvgIpc) is 2.63. The summed E-state index contributed by atoms with van der Waals surface area (Å²) in [5, 5.41) is 11.1. The summed E-state index contributed by atoms with van der Waals surface area (Å²) >= 11 is 0. The van der Waals surface area contributed by atoms with Crippen molar-refractivity contribution in [2.75, 3.05) is 33.7 Å². The predicted octanol–water partition coefficient (Wildman–Crippen LogP) is 0.0526. The standard InChI is InChI=1S/C11H21N3O3/c1-8(10(15)16)12-11(17)14(3)7-9-4-5-13(2)6-9/h8-9H,4-7H2,1-3H3,(H,12,17)(H,15,16). The summed E-state index contributed by atoms with van der Waals surface area (Å²) in [4.78, 5) is 26.1. The van der Waals surface area contributed by atoms with Crippen LogP contribution in [0.15, 0.2) is 0 Å². The van der Waals surface area contributed by atoms with Crippen LogP contribution in [0.5, 0.6) is 0 Å². The molecule has 2 N–H and O–H groups in total. The first-order chi connectivity index (χ1) is 7.90. The molecule has 1 rings (SSSR count). The Morgan fingerprint density at radius 1 is 1.59 bits per heavy atom. The third-order valence-corrected chi connectivity index (χ3v) is 3.08. The van der Waals surface area contributed by atoms with E-state index in [1.54, 1.807) is 11.9 Å². The van der Waals surface area contributed by atoms with Gasteiger partial charge in [-0.25, -0.2) is 4.79 Å². The molecule has 1 heterocycles. The molecule has 0 aromatic carbocycles. The third-order valence-electron chi connectivity index (χ3n) is 3.08. The second-order valence-electron chi connectivity index (χ2n) is 4.81. The molecule has 0 aromatic heterocycles.